The second-order valence-electron chi connectivity index (χ2n) is 6.40. The Morgan fingerprint density at radius 1 is 1.17 bits per heavy atom. The summed E-state index contributed by atoms with van der Waals surface area (Å²) in [5.74, 6) is 1.11. The van der Waals surface area contributed by atoms with Gasteiger partial charge in [-0.1, -0.05) is 19.8 Å². The highest BCUT2D eigenvalue weighted by Gasteiger charge is 2.31. The van der Waals surface area contributed by atoms with Gasteiger partial charge in [-0.05, 0) is 44.4 Å². The van der Waals surface area contributed by atoms with Crippen molar-refractivity contribution in [2.75, 3.05) is 13.1 Å². The van der Waals surface area contributed by atoms with Gasteiger partial charge in [-0.15, -0.1) is 0 Å². The molecule has 1 N–H and O–H groups in total. The van der Waals surface area contributed by atoms with Crippen molar-refractivity contribution in [1.29, 1.82) is 0 Å². The summed E-state index contributed by atoms with van der Waals surface area (Å²) in [6.07, 6.45) is 6.79. The van der Waals surface area contributed by atoms with Crippen LogP contribution in [0.2, 0.25) is 0 Å². The van der Waals surface area contributed by atoms with Crippen LogP contribution in [-0.2, 0) is 0 Å². The summed E-state index contributed by atoms with van der Waals surface area (Å²) in [6.45, 7) is 6.73. The highest BCUT2D eigenvalue weighted by Crippen LogP contribution is 2.30. The van der Waals surface area contributed by atoms with Crippen LogP contribution in [0.5, 0.6) is 0 Å². The summed E-state index contributed by atoms with van der Waals surface area (Å²) < 4.78 is 0. The van der Waals surface area contributed by atoms with E-state index in [0.29, 0.717) is 12.0 Å². The molecule has 0 radical (unpaired) electrons. The van der Waals surface area contributed by atoms with Gasteiger partial charge in [0.05, 0.1) is 0 Å². The molecular weight excluding hydrogens is 228 g/mol. The molecule has 0 aromatic carbocycles. The molecule has 0 spiro atoms. The van der Waals surface area contributed by atoms with Gasteiger partial charge in [-0.3, -0.25) is 5.23 Å². The van der Waals surface area contributed by atoms with Crippen molar-refractivity contribution in [3.8, 4) is 0 Å². The lowest BCUT2D eigenvalue weighted by atomic mass is 9.83. The Kier molecular flexibility index (Phi) is 5.01. The van der Waals surface area contributed by atoms with E-state index in [2.05, 4.69) is 18.7 Å². The number of hydroxylamine groups is 2. The molecule has 2 fully saturated rings. The number of hydrogen-bond donors (Lipinski definition) is 1. The molecule has 4 atom stereocenters. The molecular formula is C14H27N2O2-. The minimum atomic E-state index is -0.178. The van der Waals surface area contributed by atoms with Gasteiger partial charge in [0, 0.05) is 25.2 Å². The topological polar surface area (TPSA) is 49.8 Å². The monoisotopic (exact) mass is 255 g/mol. The van der Waals surface area contributed by atoms with Gasteiger partial charge in [-0.2, -0.15) is 0 Å². The van der Waals surface area contributed by atoms with E-state index in [1.54, 1.807) is 0 Å². The zero-order valence-corrected chi connectivity index (χ0v) is 11.7. The first-order chi connectivity index (χ1) is 8.58. The Balaban J connectivity index is 1.93. The van der Waals surface area contributed by atoms with E-state index in [-0.39, 0.29) is 11.3 Å². The molecule has 1 saturated carbocycles. The van der Waals surface area contributed by atoms with Crippen LogP contribution in [0.15, 0.2) is 0 Å². The van der Waals surface area contributed by atoms with Crippen molar-refractivity contribution in [2.45, 2.75) is 64.5 Å². The summed E-state index contributed by atoms with van der Waals surface area (Å²) in [5.41, 5.74) is 0. The molecule has 1 aliphatic carbocycles. The SMILES string of the molecule is CC1CCC(C)N(CC2CCCCC2N([O-])O)C1. The van der Waals surface area contributed by atoms with E-state index >= 15 is 0 Å². The first-order valence-corrected chi connectivity index (χ1v) is 7.47. The Bertz CT molecular complexity index is 260. The molecule has 4 nitrogen and oxygen atoms in total. The molecule has 106 valence electrons. The minimum Gasteiger partial charge on any atom is -0.762 e. The lowest BCUT2D eigenvalue weighted by Gasteiger charge is -2.45. The van der Waals surface area contributed by atoms with E-state index in [1.807, 2.05) is 0 Å². The molecule has 2 rings (SSSR count). The summed E-state index contributed by atoms with van der Waals surface area (Å²) >= 11 is 0. The summed E-state index contributed by atoms with van der Waals surface area (Å²) in [7, 11) is 0. The Labute approximate surface area is 110 Å². The second kappa shape index (κ2) is 6.33. The number of piperidine rings is 1. The summed E-state index contributed by atoms with van der Waals surface area (Å²) in [4.78, 5) is 2.53. The van der Waals surface area contributed by atoms with E-state index < -0.39 is 0 Å². The molecule has 2 aliphatic rings. The third-order valence-corrected chi connectivity index (χ3v) is 4.87. The van der Waals surface area contributed by atoms with Crippen molar-refractivity contribution in [3.05, 3.63) is 5.21 Å². The molecule has 0 bridgehead atoms. The lowest BCUT2D eigenvalue weighted by molar-refractivity contribution is -0.111. The molecule has 1 heterocycles. The Hall–Kier alpha value is -0.160. The van der Waals surface area contributed by atoms with Crippen LogP contribution in [0, 0.1) is 17.0 Å². The molecule has 0 aromatic rings. The highest BCUT2D eigenvalue weighted by molar-refractivity contribution is 4.86. The van der Waals surface area contributed by atoms with Crippen molar-refractivity contribution >= 4 is 0 Å². The first-order valence-electron chi connectivity index (χ1n) is 7.47. The Morgan fingerprint density at radius 3 is 2.61 bits per heavy atom. The molecule has 4 heteroatoms. The minimum absolute atomic E-state index is 0.178. The van der Waals surface area contributed by atoms with Crippen LogP contribution in [0.4, 0.5) is 0 Å². The van der Waals surface area contributed by atoms with Crippen LogP contribution < -0.4 is 0 Å². The third-order valence-electron chi connectivity index (χ3n) is 4.87. The average Bonchev–Trinajstić information content (AvgIpc) is 2.34. The maximum Gasteiger partial charge on any atom is 0.0257 e. The van der Waals surface area contributed by atoms with Gasteiger partial charge in [0.1, 0.15) is 0 Å². The molecule has 0 amide bonds. The fraction of sp³-hybridized carbons (Fsp3) is 1.00. The fourth-order valence-corrected chi connectivity index (χ4v) is 3.63. The lowest BCUT2D eigenvalue weighted by Crippen LogP contribution is -2.48. The smallest absolute Gasteiger partial charge is 0.0257 e. The highest BCUT2D eigenvalue weighted by atomic mass is 16.8. The average molecular weight is 255 g/mol. The second-order valence-corrected chi connectivity index (χ2v) is 6.40. The van der Waals surface area contributed by atoms with Crippen molar-refractivity contribution in [2.24, 2.45) is 11.8 Å². The van der Waals surface area contributed by atoms with Crippen molar-refractivity contribution in [3.63, 3.8) is 0 Å². The quantitative estimate of drug-likeness (QED) is 0.788. The zero-order chi connectivity index (χ0) is 13.1. The summed E-state index contributed by atoms with van der Waals surface area (Å²) in [6, 6.07) is 0.450. The number of nitrogens with zero attached hydrogens (tertiary/aromatic N) is 2. The predicted octanol–water partition coefficient (Wildman–Crippen LogP) is 2.85. The normalized spacial score (nSPS) is 39.2. The van der Waals surface area contributed by atoms with Crippen LogP contribution in [-0.4, -0.2) is 40.5 Å². The largest absolute Gasteiger partial charge is 0.762 e. The van der Waals surface area contributed by atoms with Gasteiger partial charge >= 0.3 is 0 Å². The van der Waals surface area contributed by atoms with Crippen molar-refractivity contribution in [1.82, 2.24) is 10.1 Å². The van der Waals surface area contributed by atoms with Crippen LogP contribution in [0.3, 0.4) is 0 Å². The van der Waals surface area contributed by atoms with E-state index in [1.165, 1.54) is 19.3 Å². The van der Waals surface area contributed by atoms with Crippen LogP contribution in [0.25, 0.3) is 0 Å². The van der Waals surface area contributed by atoms with Gasteiger partial charge in [0.15, 0.2) is 0 Å². The molecule has 1 aliphatic heterocycles. The van der Waals surface area contributed by atoms with E-state index in [4.69, 9.17) is 0 Å². The third kappa shape index (κ3) is 3.44. The maximum atomic E-state index is 11.3. The van der Waals surface area contributed by atoms with Crippen LogP contribution in [0.1, 0.15) is 52.4 Å². The zero-order valence-electron chi connectivity index (χ0n) is 11.7. The van der Waals surface area contributed by atoms with Gasteiger partial charge in [0.25, 0.3) is 0 Å². The molecule has 18 heavy (non-hydrogen) atoms. The number of rotatable bonds is 3. The molecule has 0 aromatic heterocycles. The van der Waals surface area contributed by atoms with Crippen molar-refractivity contribution < 1.29 is 5.21 Å². The standard InChI is InChI=1S/C14H27N2O2/c1-11-7-8-12(2)15(9-11)10-13-5-3-4-6-14(13)16(17)18/h11-14,17H,3-10H2,1-2H3/q-1. The predicted molar refractivity (Wildman–Crippen MR) is 72.2 cm³/mol. The molecule has 1 saturated heterocycles. The van der Waals surface area contributed by atoms with Crippen LogP contribution >= 0.6 is 0 Å². The maximum absolute atomic E-state index is 11.3. The van der Waals surface area contributed by atoms with Gasteiger partial charge in [0.2, 0.25) is 0 Å². The first kappa shape index (κ1) is 14.3. The van der Waals surface area contributed by atoms with Gasteiger partial charge in [-0.25, -0.2) is 0 Å². The summed E-state index contributed by atoms with van der Waals surface area (Å²) in [5, 5.41) is 20.7. The van der Waals surface area contributed by atoms with E-state index in [9.17, 15) is 10.4 Å². The van der Waals surface area contributed by atoms with E-state index in [0.717, 1.165) is 38.3 Å². The fourth-order valence-electron chi connectivity index (χ4n) is 3.63. The molecule has 4 unspecified atom stereocenters. The van der Waals surface area contributed by atoms with Gasteiger partial charge < -0.3 is 15.3 Å². The Morgan fingerprint density at radius 2 is 1.89 bits per heavy atom. The number of likely N-dealkylation sites (tertiary alicyclic amines) is 1. The number of hydrogen-bond acceptors (Lipinski definition) is 4.